The minimum Gasteiger partial charge on any atom is -0.317 e. The van der Waals surface area contributed by atoms with Crippen molar-refractivity contribution in [1.82, 2.24) is 5.32 Å². The van der Waals surface area contributed by atoms with Crippen LogP contribution in [0.3, 0.4) is 0 Å². The van der Waals surface area contributed by atoms with E-state index in [9.17, 15) is 16.8 Å². The minimum atomic E-state index is -2.84. The summed E-state index contributed by atoms with van der Waals surface area (Å²) in [5, 5.41) is 3.17. The van der Waals surface area contributed by atoms with Crippen LogP contribution in [0.15, 0.2) is 0 Å². The smallest absolute Gasteiger partial charge is 0.147 e. The van der Waals surface area contributed by atoms with E-state index in [4.69, 9.17) is 0 Å². The Morgan fingerprint density at radius 3 is 1.35 bits per heavy atom. The Bertz CT molecular complexity index is 349. The van der Waals surface area contributed by atoms with Crippen molar-refractivity contribution in [3.05, 3.63) is 0 Å². The molecule has 0 saturated carbocycles. The van der Waals surface area contributed by atoms with Crippen molar-refractivity contribution in [2.24, 2.45) is 0 Å². The predicted octanol–water partition coefficient (Wildman–Crippen LogP) is 0.226. The molecular formula is C10H23NO4S2. The molecule has 0 saturated heterocycles. The van der Waals surface area contributed by atoms with E-state index in [0.717, 1.165) is 25.9 Å². The molecule has 0 aliphatic heterocycles. The normalized spacial score (nSPS) is 12.8. The number of rotatable bonds is 10. The maximum absolute atomic E-state index is 10.8. The van der Waals surface area contributed by atoms with E-state index in [1.807, 2.05) is 0 Å². The van der Waals surface area contributed by atoms with E-state index in [1.54, 1.807) is 0 Å². The van der Waals surface area contributed by atoms with Gasteiger partial charge >= 0.3 is 0 Å². The minimum absolute atomic E-state index is 0.239. The molecule has 0 fully saturated rings. The maximum Gasteiger partial charge on any atom is 0.147 e. The van der Waals surface area contributed by atoms with Gasteiger partial charge < -0.3 is 5.32 Å². The number of unbranched alkanes of at least 4 members (excludes halogenated alkanes) is 2. The van der Waals surface area contributed by atoms with Gasteiger partial charge in [0.15, 0.2) is 0 Å². The summed E-state index contributed by atoms with van der Waals surface area (Å²) < 4.78 is 43.3. The highest BCUT2D eigenvalue weighted by Crippen LogP contribution is 1.95. The molecule has 17 heavy (non-hydrogen) atoms. The Hall–Kier alpha value is -0.140. The van der Waals surface area contributed by atoms with Crippen LogP contribution in [0.1, 0.15) is 25.7 Å². The van der Waals surface area contributed by atoms with Crippen LogP contribution in [0, 0.1) is 0 Å². The molecule has 0 aromatic rings. The van der Waals surface area contributed by atoms with Crippen LogP contribution in [0.2, 0.25) is 0 Å². The molecule has 0 aliphatic rings. The Morgan fingerprint density at radius 1 is 0.706 bits per heavy atom. The SMILES string of the molecule is CS(=O)(=O)CCCCNCCCCS(C)(=O)=O. The maximum atomic E-state index is 10.8. The number of hydrogen-bond acceptors (Lipinski definition) is 5. The lowest BCUT2D eigenvalue weighted by Crippen LogP contribution is -2.18. The fraction of sp³-hybridized carbons (Fsp3) is 1.00. The second kappa shape index (κ2) is 8.05. The molecule has 0 aliphatic carbocycles. The van der Waals surface area contributed by atoms with Gasteiger partial charge in [0, 0.05) is 24.0 Å². The van der Waals surface area contributed by atoms with Crippen LogP contribution in [0.5, 0.6) is 0 Å². The average Bonchev–Trinajstić information content (AvgIpc) is 2.11. The van der Waals surface area contributed by atoms with E-state index in [0.29, 0.717) is 12.8 Å². The standard InChI is InChI=1S/C10H23NO4S2/c1-16(12,13)9-5-3-7-11-8-4-6-10-17(2,14)15/h11H,3-10H2,1-2H3. The van der Waals surface area contributed by atoms with Crippen molar-refractivity contribution in [2.75, 3.05) is 37.1 Å². The second-order valence-corrected chi connectivity index (χ2v) is 8.94. The molecule has 0 atom stereocenters. The lowest BCUT2D eigenvalue weighted by atomic mass is 10.3. The third-order valence-corrected chi connectivity index (χ3v) is 4.30. The Balaban J connectivity index is 3.25. The first-order chi connectivity index (χ1) is 7.71. The predicted molar refractivity (Wildman–Crippen MR) is 70.8 cm³/mol. The molecule has 1 N–H and O–H groups in total. The van der Waals surface area contributed by atoms with Gasteiger partial charge in [-0.05, 0) is 38.8 Å². The molecule has 5 nitrogen and oxygen atoms in total. The van der Waals surface area contributed by atoms with E-state index < -0.39 is 19.7 Å². The summed E-state index contributed by atoms with van der Waals surface area (Å²) in [4.78, 5) is 0. The largest absolute Gasteiger partial charge is 0.317 e. The quantitative estimate of drug-likeness (QED) is 0.581. The lowest BCUT2D eigenvalue weighted by molar-refractivity contribution is 0.582. The van der Waals surface area contributed by atoms with Crippen LogP contribution in [0.25, 0.3) is 0 Å². The summed E-state index contributed by atoms with van der Waals surface area (Å²) >= 11 is 0. The van der Waals surface area contributed by atoms with Gasteiger partial charge in [-0.1, -0.05) is 0 Å². The first-order valence-corrected chi connectivity index (χ1v) is 9.89. The van der Waals surface area contributed by atoms with Crippen LogP contribution in [-0.4, -0.2) is 53.9 Å². The van der Waals surface area contributed by atoms with E-state index in [-0.39, 0.29) is 11.5 Å². The highest BCUT2D eigenvalue weighted by atomic mass is 32.2. The zero-order chi connectivity index (χ0) is 13.4. The van der Waals surface area contributed by atoms with Crippen molar-refractivity contribution in [3.63, 3.8) is 0 Å². The van der Waals surface area contributed by atoms with Crippen LogP contribution in [0.4, 0.5) is 0 Å². The molecule has 0 radical (unpaired) electrons. The van der Waals surface area contributed by atoms with Gasteiger partial charge in [0.25, 0.3) is 0 Å². The monoisotopic (exact) mass is 285 g/mol. The zero-order valence-corrected chi connectivity index (χ0v) is 12.2. The fourth-order valence-corrected chi connectivity index (χ4v) is 2.81. The first kappa shape index (κ1) is 16.9. The second-order valence-electron chi connectivity index (χ2n) is 4.42. The van der Waals surface area contributed by atoms with E-state index in [2.05, 4.69) is 5.32 Å². The summed E-state index contributed by atoms with van der Waals surface area (Å²) in [5.41, 5.74) is 0. The molecule has 0 aromatic carbocycles. The summed E-state index contributed by atoms with van der Waals surface area (Å²) in [5.74, 6) is 0.478. The van der Waals surface area contributed by atoms with Crippen molar-refractivity contribution >= 4 is 19.7 Å². The molecule has 0 rings (SSSR count). The van der Waals surface area contributed by atoms with E-state index >= 15 is 0 Å². The summed E-state index contributed by atoms with van der Waals surface area (Å²) in [6.07, 6.45) is 5.50. The van der Waals surface area contributed by atoms with Crippen LogP contribution >= 0.6 is 0 Å². The van der Waals surface area contributed by atoms with Gasteiger partial charge in [0.05, 0.1) is 0 Å². The molecule has 7 heteroatoms. The van der Waals surface area contributed by atoms with Gasteiger partial charge in [0.1, 0.15) is 19.7 Å². The Labute approximate surface area is 105 Å². The van der Waals surface area contributed by atoms with Crippen LogP contribution in [-0.2, 0) is 19.7 Å². The zero-order valence-electron chi connectivity index (χ0n) is 10.6. The number of hydrogen-bond donors (Lipinski definition) is 1. The molecule has 0 amide bonds. The lowest BCUT2D eigenvalue weighted by Gasteiger charge is -2.04. The van der Waals surface area contributed by atoms with Gasteiger partial charge in [0.2, 0.25) is 0 Å². The van der Waals surface area contributed by atoms with Gasteiger partial charge in [-0.25, -0.2) is 16.8 Å². The highest BCUT2D eigenvalue weighted by molar-refractivity contribution is 7.90. The van der Waals surface area contributed by atoms with Crippen molar-refractivity contribution in [2.45, 2.75) is 25.7 Å². The van der Waals surface area contributed by atoms with Crippen molar-refractivity contribution in [1.29, 1.82) is 0 Å². The third kappa shape index (κ3) is 15.9. The molecular weight excluding hydrogens is 262 g/mol. The first-order valence-electron chi connectivity index (χ1n) is 5.77. The van der Waals surface area contributed by atoms with E-state index in [1.165, 1.54) is 12.5 Å². The highest BCUT2D eigenvalue weighted by Gasteiger charge is 2.02. The fourth-order valence-electron chi connectivity index (χ4n) is 1.35. The van der Waals surface area contributed by atoms with Gasteiger partial charge in [-0.2, -0.15) is 0 Å². The van der Waals surface area contributed by atoms with Crippen molar-refractivity contribution in [3.8, 4) is 0 Å². The number of nitrogens with one attached hydrogen (secondary N) is 1. The summed E-state index contributed by atoms with van der Waals surface area (Å²) in [7, 11) is -5.67. The van der Waals surface area contributed by atoms with Crippen molar-refractivity contribution < 1.29 is 16.8 Å². The summed E-state index contributed by atoms with van der Waals surface area (Å²) in [6.45, 7) is 1.57. The molecule has 104 valence electrons. The Kier molecular flexibility index (Phi) is 7.98. The summed E-state index contributed by atoms with van der Waals surface area (Å²) in [6, 6.07) is 0. The molecule has 0 aromatic heterocycles. The molecule has 0 heterocycles. The Morgan fingerprint density at radius 2 is 1.06 bits per heavy atom. The average molecular weight is 285 g/mol. The van der Waals surface area contributed by atoms with Crippen LogP contribution < -0.4 is 5.32 Å². The van der Waals surface area contributed by atoms with Gasteiger partial charge in [-0.3, -0.25) is 0 Å². The molecule has 0 spiro atoms. The molecule has 0 unspecified atom stereocenters. The number of sulfone groups is 2. The topological polar surface area (TPSA) is 80.3 Å². The molecule has 0 bridgehead atoms. The van der Waals surface area contributed by atoms with Gasteiger partial charge in [-0.15, -0.1) is 0 Å². The third-order valence-electron chi connectivity index (χ3n) is 2.24.